The van der Waals surface area contributed by atoms with Crippen LogP contribution in [-0.4, -0.2) is 38.5 Å². The Balaban J connectivity index is 2.30. The number of benzene rings is 1. The minimum atomic E-state index is -0.348. The standard InChI is InChI=1S/C15H22FN3O2/c1-3-4-9-17-14(20)10-19(2)11-15(21)18-13-7-5-12(16)6-8-13/h5-8H,3-4,9-11H2,1-2H3,(H,17,20)(H,18,21)/p+1. The number of nitrogens with one attached hydrogen (secondary N) is 3. The van der Waals surface area contributed by atoms with E-state index >= 15 is 0 Å². The highest BCUT2D eigenvalue weighted by Crippen LogP contribution is 2.07. The molecule has 0 fully saturated rings. The predicted molar refractivity (Wildman–Crippen MR) is 79.6 cm³/mol. The number of rotatable bonds is 8. The number of unbranched alkanes of at least 4 members (excludes halogenated alkanes) is 1. The molecule has 116 valence electrons. The summed E-state index contributed by atoms with van der Waals surface area (Å²) >= 11 is 0. The maximum Gasteiger partial charge on any atom is 0.279 e. The van der Waals surface area contributed by atoms with Crippen molar-refractivity contribution in [3.63, 3.8) is 0 Å². The molecule has 1 rings (SSSR count). The highest BCUT2D eigenvalue weighted by Gasteiger charge is 2.13. The fraction of sp³-hybridized carbons (Fsp3) is 0.467. The monoisotopic (exact) mass is 296 g/mol. The summed E-state index contributed by atoms with van der Waals surface area (Å²) in [4.78, 5) is 24.2. The lowest BCUT2D eigenvalue weighted by atomic mass is 10.3. The predicted octanol–water partition coefficient (Wildman–Crippen LogP) is 0.195. The van der Waals surface area contributed by atoms with Crippen LogP contribution in [0, 0.1) is 5.82 Å². The second-order valence-electron chi connectivity index (χ2n) is 5.07. The van der Waals surface area contributed by atoms with Gasteiger partial charge in [-0.25, -0.2) is 4.39 Å². The molecule has 0 bridgehead atoms. The molecule has 0 aliphatic carbocycles. The molecule has 0 aliphatic heterocycles. The topological polar surface area (TPSA) is 62.6 Å². The smallest absolute Gasteiger partial charge is 0.279 e. The fourth-order valence-corrected chi connectivity index (χ4v) is 1.82. The molecule has 1 atom stereocenters. The third-order valence-electron chi connectivity index (χ3n) is 2.91. The lowest BCUT2D eigenvalue weighted by molar-refractivity contribution is -0.862. The van der Waals surface area contributed by atoms with Crippen molar-refractivity contribution >= 4 is 17.5 Å². The SMILES string of the molecule is CCCCNC(=O)C[NH+](C)CC(=O)Nc1ccc(F)cc1. The number of hydrogen-bond acceptors (Lipinski definition) is 2. The number of amides is 2. The number of likely N-dealkylation sites (N-methyl/N-ethyl adjacent to an activating group) is 1. The Kier molecular flexibility index (Phi) is 7.39. The first-order valence-corrected chi connectivity index (χ1v) is 7.14. The van der Waals surface area contributed by atoms with E-state index in [9.17, 15) is 14.0 Å². The third-order valence-corrected chi connectivity index (χ3v) is 2.91. The summed E-state index contributed by atoms with van der Waals surface area (Å²) in [6.07, 6.45) is 1.99. The minimum absolute atomic E-state index is 0.0597. The van der Waals surface area contributed by atoms with Crippen LogP contribution in [0.15, 0.2) is 24.3 Å². The summed E-state index contributed by atoms with van der Waals surface area (Å²) in [5.41, 5.74) is 0.543. The number of quaternary nitrogens is 1. The number of carbonyl (C=O) groups is 2. The van der Waals surface area contributed by atoms with Gasteiger partial charge in [0.2, 0.25) is 0 Å². The molecule has 1 aromatic carbocycles. The van der Waals surface area contributed by atoms with Crippen LogP contribution in [-0.2, 0) is 9.59 Å². The first kappa shape index (κ1) is 17.1. The molecule has 3 N–H and O–H groups in total. The van der Waals surface area contributed by atoms with Gasteiger partial charge in [-0.1, -0.05) is 13.3 Å². The van der Waals surface area contributed by atoms with E-state index < -0.39 is 0 Å². The maximum atomic E-state index is 12.7. The highest BCUT2D eigenvalue weighted by atomic mass is 19.1. The summed E-state index contributed by atoms with van der Waals surface area (Å²) in [6.45, 7) is 3.16. The van der Waals surface area contributed by atoms with Gasteiger partial charge in [-0.05, 0) is 30.7 Å². The molecule has 21 heavy (non-hydrogen) atoms. The molecule has 6 heteroatoms. The van der Waals surface area contributed by atoms with Crippen molar-refractivity contribution in [1.29, 1.82) is 0 Å². The molecule has 1 aromatic rings. The van der Waals surface area contributed by atoms with Crippen LogP contribution in [0.4, 0.5) is 10.1 Å². The van der Waals surface area contributed by atoms with Crippen molar-refractivity contribution in [3.05, 3.63) is 30.1 Å². The molecule has 0 saturated heterocycles. The van der Waals surface area contributed by atoms with Crippen molar-refractivity contribution in [3.8, 4) is 0 Å². The quantitative estimate of drug-likeness (QED) is 0.600. The molecule has 0 saturated carbocycles. The van der Waals surface area contributed by atoms with Gasteiger partial charge in [-0.15, -0.1) is 0 Å². The van der Waals surface area contributed by atoms with E-state index in [4.69, 9.17) is 0 Å². The van der Waals surface area contributed by atoms with E-state index in [1.54, 1.807) is 7.05 Å². The zero-order valence-corrected chi connectivity index (χ0v) is 12.5. The van der Waals surface area contributed by atoms with E-state index in [0.29, 0.717) is 12.2 Å². The van der Waals surface area contributed by atoms with E-state index in [2.05, 4.69) is 17.6 Å². The van der Waals surface area contributed by atoms with Crippen molar-refractivity contribution in [1.82, 2.24) is 5.32 Å². The fourth-order valence-electron chi connectivity index (χ4n) is 1.82. The Morgan fingerprint density at radius 2 is 1.76 bits per heavy atom. The molecule has 0 heterocycles. The summed E-state index contributed by atoms with van der Waals surface area (Å²) in [7, 11) is 1.78. The van der Waals surface area contributed by atoms with Gasteiger partial charge in [-0.3, -0.25) is 9.59 Å². The Morgan fingerprint density at radius 3 is 2.38 bits per heavy atom. The number of carbonyl (C=O) groups excluding carboxylic acids is 2. The van der Waals surface area contributed by atoms with Crippen LogP contribution >= 0.6 is 0 Å². The van der Waals surface area contributed by atoms with Crippen molar-refractivity contribution in [2.45, 2.75) is 19.8 Å². The average molecular weight is 296 g/mol. The van der Waals surface area contributed by atoms with Gasteiger partial charge in [-0.2, -0.15) is 0 Å². The van der Waals surface area contributed by atoms with Crippen LogP contribution in [0.5, 0.6) is 0 Å². The largest absolute Gasteiger partial charge is 0.351 e. The Labute approximate surface area is 124 Å². The number of halogens is 1. The van der Waals surface area contributed by atoms with Crippen molar-refractivity contribution in [2.24, 2.45) is 0 Å². The first-order chi connectivity index (χ1) is 10.0. The normalized spacial score (nSPS) is 11.8. The van der Waals surface area contributed by atoms with Gasteiger partial charge in [0.15, 0.2) is 13.1 Å². The molecule has 5 nitrogen and oxygen atoms in total. The van der Waals surface area contributed by atoms with Crippen molar-refractivity contribution < 1.29 is 18.9 Å². The summed E-state index contributed by atoms with van der Waals surface area (Å²) < 4.78 is 12.7. The third kappa shape index (κ3) is 7.41. The van der Waals surface area contributed by atoms with E-state index in [1.807, 2.05) is 0 Å². The molecule has 0 spiro atoms. The number of anilines is 1. The van der Waals surface area contributed by atoms with Gasteiger partial charge in [0.1, 0.15) is 5.82 Å². The van der Waals surface area contributed by atoms with E-state index in [1.165, 1.54) is 24.3 Å². The summed E-state index contributed by atoms with van der Waals surface area (Å²) in [6, 6.07) is 5.57. The average Bonchev–Trinajstić information content (AvgIpc) is 2.41. The van der Waals surface area contributed by atoms with Gasteiger partial charge >= 0.3 is 0 Å². The molecular weight excluding hydrogens is 273 g/mol. The first-order valence-electron chi connectivity index (χ1n) is 7.14. The van der Waals surface area contributed by atoms with Gasteiger partial charge in [0.25, 0.3) is 11.8 Å². The van der Waals surface area contributed by atoms with Gasteiger partial charge < -0.3 is 15.5 Å². The molecule has 0 aromatic heterocycles. The Bertz CT molecular complexity index is 462. The molecule has 0 aliphatic rings. The molecule has 1 unspecified atom stereocenters. The zero-order valence-electron chi connectivity index (χ0n) is 12.5. The van der Waals surface area contributed by atoms with Crippen LogP contribution in [0.2, 0.25) is 0 Å². The van der Waals surface area contributed by atoms with Crippen molar-refractivity contribution in [2.75, 3.05) is 32.0 Å². The number of hydrogen-bond donors (Lipinski definition) is 3. The minimum Gasteiger partial charge on any atom is -0.351 e. The molecular formula is C15H23FN3O2+. The summed E-state index contributed by atoms with van der Waals surface area (Å²) in [5.74, 6) is -0.615. The van der Waals surface area contributed by atoms with E-state index in [0.717, 1.165) is 17.7 Å². The van der Waals surface area contributed by atoms with Crippen LogP contribution in [0.25, 0.3) is 0 Å². The Morgan fingerprint density at radius 1 is 1.14 bits per heavy atom. The lowest BCUT2D eigenvalue weighted by Gasteiger charge is -2.13. The Hall–Kier alpha value is -1.95. The zero-order chi connectivity index (χ0) is 15.7. The summed E-state index contributed by atoms with van der Waals surface area (Å²) in [5, 5.41) is 5.48. The highest BCUT2D eigenvalue weighted by molar-refractivity contribution is 5.91. The maximum absolute atomic E-state index is 12.7. The molecule has 2 amide bonds. The molecule has 0 radical (unpaired) electrons. The lowest BCUT2D eigenvalue weighted by Crippen LogP contribution is -3.11. The second kappa shape index (κ2) is 9.07. The second-order valence-corrected chi connectivity index (χ2v) is 5.07. The van der Waals surface area contributed by atoms with Crippen LogP contribution in [0.3, 0.4) is 0 Å². The van der Waals surface area contributed by atoms with Crippen LogP contribution in [0.1, 0.15) is 19.8 Å². The van der Waals surface area contributed by atoms with Gasteiger partial charge in [0, 0.05) is 12.2 Å². The van der Waals surface area contributed by atoms with E-state index in [-0.39, 0.29) is 30.7 Å². The van der Waals surface area contributed by atoms with Crippen LogP contribution < -0.4 is 15.5 Å². The van der Waals surface area contributed by atoms with Gasteiger partial charge in [0.05, 0.1) is 7.05 Å².